The van der Waals surface area contributed by atoms with Crippen molar-refractivity contribution in [3.05, 3.63) is 12.2 Å². The Hall–Kier alpha value is -1.25. The molecule has 0 radical (unpaired) electrons. The minimum atomic E-state index is -4.37. The highest BCUT2D eigenvalue weighted by atomic mass is 31.2. The molecule has 362 valence electrons. The Balaban J connectivity index is 4.19. The Morgan fingerprint density at radius 1 is 0.492 bits per heavy atom. The Kier molecular flexibility index (Phi) is 43.1. The number of carbonyl (C=O) groups excluding carboxylic acids is 2. The largest absolute Gasteiger partial charge is 0.472 e. The lowest BCUT2D eigenvalue weighted by Gasteiger charge is -2.24. The van der Waals surface area contributed by atoms with E-state index < -0.39 is 26.5 Å². The Labute approximate surface area is 377 Å². The van der Waals surface area contributed by atoms with Crippen molar-refractivity contribution in [2.45, 2.75) is 258 Å². The molecular formula is C51H101NO8P+. The van der Waals surface area contributed by atoms with Crippen molar-refractivity contribution in [1.82, 2.24) is 0 Å². The number of esters is 2. The van der Waals surface area contributed by atoms with Gasteiger partial charge in [-0.1, -0.05) is 212 Å². The van der Waals surface area contributed by atoms with Crippen molar-refractivity contribution < 1.29 is 42.1 Å². The number of nitrogens with zero attached hydrogens (tertiary/aromatic N) is 1. The van der Waals surface area contributed by atoms with E-state index >= 15 is 0 Å². The van der Waals surface area contributed by atoms with Crippen molar-refractivity contribution in [1.29, 1.82) is 0 Å². The molecule has 10 heteroatoms. The molecule has 0 saturated heterocycles. The summed E-state index contributed by atoms with van der Waals surface area (Å²) in [7, 11) is 1.49. The highest BCUT2D eigenvalue weighted by Crippen LogP contribution is 2.43. The van der Waals surface area contributed by atoms with Crippen molar-refractivity contribution in [2.75, 3.05) is 47.5 Å². The van der Waals surface area contributed by atoms with Gasteiger partial charge in [0.15, 0.2) is 6.10 Å². The molecule has 0 bridgehead atoms. The van der Waals surface area contributed by atoms with Gasteiger partial charge in [0, 0.05) is 12.8 Å². The predicted octanol–water partition coefficient (Wildman–Crippen LogP) is 15.3. The molecule has 0 aliphatic carbocycles. The molecule has 0 aliphatic heterocycles. The topological polar surface area (TPSA) is 108 Å². The third kappa shape index (κ3) is 48.1. The standard InChI is InChI=1S/C51H100NO8P/c1-6-8-10-12-14-16-18-20-22-24-25-26-27-28-30-31-33-35-37-39-41-43-50(53)57-47-49(48-59-61(55,56)58-46-45-52(3,4)5)60-51(54)44-42-40-38-36-34-32-29-23-21-19-17-15-13-11-9-7-2/h20,22,49H,6-19,21,23-48H2,1-5H3/p+1/b22-20+/t49-/m0/s1. The summed E-state index contributed by atoms with van der Waals surface area (Å²) < 4.78 is 34.5. The van der Waals surface area contributed by atoms with Crippen LogP contribution in [0, 0.1) is 0 Å². The van der Waals surface area contributed by atoms with Crippen LogP contribution in [0.4, 0.5) is 0 Å². The molecule has 0 saturated carbocycles. The van der Waals surface area contributed by atoms with Gasteiger partial charge in [-0.25, -0.2) is 4.57 Å². The van der Waals surface area contributed by atoms with Crippen LogP contribution in [-0.4, -0.2) is 74.9 Å². The smallest absolute Gasteiger partial charge is 0.462 e. The number of rotatable bonds is 48. The fourth-order valence-electron chi connectivity index (χ4n) is 7.48. The van der Waals surface area contributed by atoms with Crippen LogP contribution in [0.15, 0.2) is 12.2 Å². The summed E-state index contributed by atoms with van der Waals surface area (Å²) in [6.45, 7) is 4.47. The van der Waals surface area contributed by atoms with Gasteiger partial charge in [0.1, 0.15) is 19.8 Å². The molecule has 0 rings (SSSR count). The quantitative estimate of drug-likeness (QED) is 0.0212. The Morgan fingerprint density at radius 2 is 0.836 bits per heavy atom. The van der Waals surface area contributed by atoms with Gasteiger partial charge in [-0.2, -0.15) is 0 Å². The second kappa shape index (κ2) is 44.0. The number of allylic oxidation sites excluding steroid dienone is 2. The summed E-state index contributed by atoms with van der Waals surface area (Å²) in [5.41, 5.74) is 0. The zero-order chi connectivity index (χ0) is 45.0. The highest BCUT2D eigenvalue weighted by molar-refractivity contribution is 7.47. The number of hydrogen-bond donors (Lipinski definition) is 1. The SMILES string of the molecule is CCCCCCCC/C=C/CCCCCCCCCCCCCC(=O)OC[C@@H](COP(=O)(O)OCC[N+](C)(C)C)OC(=O)CCCCCCCCCCCCCCCCCC. The molecule has 0 aromatic heterocycles. The van der Waals surface area contributed by atoms with Crippen LogP contribution in [0.1, 0.15) is 251 Å². The number of likely N-dealkylation sites (N-methyl/N-ethyl adjacent to an activating group) is 1. The molecule has 61 heavy (non-hydrogen) atoms. The monoisotopic (exact) mass is 887 g/mol. The summed E-state index contributed by atoms with van der Waals surface area (Å²) >= 11 is 0. The second-order valence-electron chi connectivity index (χ2n) is 18.9. The average Bonchev–Trinajstić information content (AvgIpc) is 3.21. The maximum atomic E-state index is 12.7. The van der Waals surface area contributed by atoms with Gasteiger partial charge >= 0.3 is 19.8 Å². The highest BCUT2D eigenvalue weighted by Gasteiger charge is 2.27. The van der Waals surface area contributed by atoms with Crippen LogP contribution in [-0.2, 0) is 32.7 Å². The second-order valence-corrected chi connectivity index (χ2v) is 20.4. The van der Waals surface area contributed by atoms with Crippen LogP contribution < -0.4 is 0 Å². The first-order valence-corrected chi connectivity index (χ1v) is 27.4. The number of phosphoric acid groups is 1. The van der Waals surface area contributed by atoms with Crippen LogP contribution in [0.25, 0.3) is 0 Å². The maximum absolute atomic E-state index is 12.7. The van der Waals surface area contributed by atoms with Crippen LogP contribution in [0.2, 0.25) is 0 Å². The van der Waals surface area contributed by atoms with Gasteiger partial charge in [-0.3, -0.25) is 18.6 Å². The number of ether oxygens (including phenoxy) is 2. The van der Waals surface area contributed by atoms with E-state index in [9.17, 15) is 19.0 Å². The maximum Gasteiger partial charge on any atom is 0.472 e. The third-order valence-electron chi connectivity index (χ3n) is 11.5. The first kappa shape index (κ1) is 59.8. The zero-order valence-corrected chi connectivity index (χ0v) is 41.8. The minimum absolute atomic E-state index is 0.0354. The van der Waals surface area contributed by atoms with Crippen molar-refractivity contribution >= 4 is 19.8 Å². The van der Waals surface area contributed by atoms with Crippen molar-refractivity contribution in [2.24, 2.45) is 0 Å². The predicted molar refractivity (Wildman–Crippen MR) is 257 cm³/mol. The fraction of sp³-hybridized carbons (Fsp3) is 0.922. The Bertz CT molecular complexity index is 1050. The van der Waals surface area contributed by atoms with Crippen LogP contribution in [0.5, 0.6) is 0 Å². The van der Waals surface area contributed by atoms with Gasteiger partial charge in [0.2, 0.25) is 0 Å². The van der Waals surface area contributed by atoms with Gasteiger partial charge in [-0.15, -0.1) is 0 Å². The molecule has 0 amide bonds. The van der Waals surface area contributed by atoms with E-state index in [0.29, 0.717) is 23.9 Å². The third-order valence-corrected chi connectivity index (χ3v) is 12.5. The molecule has 0 fully saturated rings. The number of quaternary nitrogens is 1. The summed E-state index contributed by atoms with van der Waals surface area (Å²) in [5.74, 6) is -0.783. The first-order chi connectivity index (χ1) is 29.5. The molecule has 9 nitrogen and oxygen atoms in total. The van der Waals surface area contributed by atoms with Crippen molar-refractivity contribution in [3.8, 4) is 0 Å². The van der Waals surface area contributed by atoms with E-state index in [4.69, 9.17) is 18.5 Å². The molecule has 0 aromatic rings. The molecule has 2 atom stereocenters. The lowest BCUT2D eigenvalue weighted by Crippen LogP contribution is -2.37. The molecule has 0 heterocycles. The van der Waals surface area contributed by atoms with E-state index in [-0.39, 0.29) is 25.6 Å². The van der Waals surface area contributed by atoms with E-state index in [2.05, 4.69) is 26.0 Å². The molecular weight excluding hydrogens is 786 g/mol. The van der Waals surface area contributed by atoms with Gasteiger partial charge < -0.3 is 18.9 Å². The Morgan fingerprint density at radius 3 is 1.21 bits per heavy atom. The molecule has 1 N–H and O–H groups in total. The normalized spacial score (nSPS) is 13.5. The molecule has 0 spiro atoms. The van der Waals surface area contributed by atoms with E-state index in [0.717, 1.165) is 32.1 Å². The van der Waals surface area contributed by atoms with Crippen molar-refractivity contribution in [3.63, 3.8) is 0 Å². The van der Waals surface area contributed by atoms with Gasteiger partial charge in [0.25, 0.3) is 0 Å². The number of carbonyl (C=O) groups is 2. The summed E-state index contributed by atoms with van der Waals surface area (Å²) in [5, 5.41) is 0. The summed E-state index contributed by atoms with van der Waals surface area (Å²) in [6.07, 6.45) is 48.3. The number of unbranched alkanes of at least 4 members (excludes halogenated alkanes) is 32. The van der Waals surface area contributed by atoms with Gasteiger partial charge in [-0.05, 0) is 38.5 Å². The first-order valence-electron chi connectivity index (χ1n) is 25.9. The fourth-order valence-corrected chi connectivity index (χ4v) is 8.22. The zero-order valence-electron chi connectivity index (χ0n) is 40.9. The molecule has 0 aliphatic rings. The molecule has 0 aromatic carbocycles. The van der Waals surface area contributed by atoms with Crippen LogP contribution >= 0.6 is 7.82 Å². The van der Waals surface area contributed by atoms with E-state index in [1.54, 1.807) is 0 Å². The summed E-state index contributed by atoms with van der Waals surface area (Å²) in [4.78, 5) is 35.5. The lowest BCUT2D eigenvalue weighted by atomic mass is 10.0. The molecule has 1 unspecified atom stereocenters. The van der Waals surface area contributed by atoms with Crippen LogP contribution in [0.3, 0.4) is 0 Å². The number of hydrogen-bond acceptors (Lipinski definition) is 7. The minimum Gasteiger partial charge on any atom is -0.462 e. The van der Waals surface area contributed by atoms with E-state index in [1.807, 2.05) is 21.1 Å². The van der Waals surface area contributed by atoms with Gasteiger partial charge in [0.05, 0.1) is 27.7 Å². The average molecular weight is 887 g/mol. The number of phosphoric ester groups is 1. The lowest BCUT2D eigenvalue weighted by molar-refractivity contribution is -0.870. The van der Waals surface area contributed by atoms with E-state index in [1.165, 1.54) is 186 Å². The summed E-state index contributed by atoms with van der Waals surface area (Å²) in [6, 6.07) is 0.